The summed E-state index contributed by atoms with van der Waals surface area (Å²) in [5.41, 5.74) is 2.36. The van der Waals surface area contributed by atoms with Crippen molar-refractivity contribution >= 4 is 11.2 Å². The summed E-state index contributed by atoms with van der Waals surface area (Å²) in [4.78, 5) is 0. The molecular formula is C20H26OS. The van der Waals surface area contributed by atoms with E-state index in [2.05, 4.69) is 52.0 Å². The van der Waals surface area contributed by atoms with Crippen LogP contribution in [-0.2, 0) is 11.2 Å². The van der Waals surface area contributed by atoms with Gasteiger partial charge in [-0.25, -0.2) is 0 Å². The smallest absolute Gasteiger partial charge is 0.143 e. The predicted octanol–water partition coefficient (Wildman–Crippen LogP) is 5.53. The zero-order chi connectivity index (χ0) is 16.1. The van der Waals surface area contributed by atoms with Crippen molar-refractivity contribution in [3.05, 3.63) is 71.8 Å². The number of hydrogen-bond acceptors (Lipinski definition) is 1. The van der Waals surface area contributed by atoms with Gasteiger partial charge in [0.1, 0.15) is 10.5 Å². The van der Waals surface area contributed by atoms with Crippen LogP contribution in [0.2, 0.25) is 0 Å². The predicted molar refractivity (Wildman–Crippen MR) is 96.2 cm³/mol. The van der Waals surface area contributed by atoms with Crippen LogP contribution in [0.15, 0.2) is 60.7 Å². The molecule has 118 valence electrons. The Morgan fingerprint density at radius 1 is 0.636 bits per heavy atom. The largest absolute Gasteiger partial charge is 0.615 e. The van der Waals surface area contributed by atoms with Crippen LogP contribution in [-0.4, -0.2) is 4.55 Å². The molecule has 1 nitrogen and oxygen atoms in total. The summed E-state index contributed by atoms with van der Waals surface area (Å²) in [6, 6.07) is 20.6. The molecule has 0 saturated carbocycles. The van der Waals surface area contributed by atoms with E-state index in [9.17, 15) is 4.55 Å². The highest BCUT2D eigenvalue weighted by atomic mass is 32.2. The minimum atomic E-state index is -0.958. The molecule has 22 heavy (non-hydrogen) atoms. The zero-order valence-corrected chi connectivity index (χ0v) is 14.7. The van der Waals surface area contributed by atoms with E-state index in [1.807, 2.05) is 36.4 Å². The van der Waals surface area contributed by atoms with E-state index in [1.165, 1.54) is 11.1 Å². The highest BCUT2D eigenvalue weighted by molar-refractivity contribution is 7.91. The van der Waals surface area contributed by atoms with Crippen molar-refractivity contribution in [3.63, 3.8) is 0 Å². The topological polar surface area (TPSA) is 23.1 Å². The van der Waals surface area contributed by atoms with Crippen LogP contribution in [0.25, 0.3) is 0 Å². The van der Waals surface area contributed by atoms with Crippen LogP contribution in [0.3, 0.4) is 0 Å². The van der Waals surface area contributed by atoms with Crippen molar-refractivity contribution in [1.29, 1.82) is 0 Å². The van der Waals surface area contributed by atoms with E-state index in [1.54, 1.807) is 0 Å². The molecular weight excluding hydrogens is 288 g/mol. The summed E-state index contributed by atoms with van der Waals surface area (Å²) >= 11 is -0.958. The van der Waals surface area contributed by atoms with Gasteiger partial charge in [0.25, 0.3) is 0 Å². The maximum absolute atomic E-state index is 13.4. The van der Waals surface area contributed by atoms with Crippen molar-refractivity contribution in [2.24, 2.45) is 11.8 Å². The third-order valence-electron chi connectivity index (χ3n) is 3.97. The lowest BCUT2D eigenvalue weighted by Gasteiger charge is -2.33. The molecule has 0 saturated heterocycles. The van der Waals surface area contributed by atoms with Crippen LogP contribution in [0.1, 0.15) is 49.3 Å². The third-order valence-corrected chi connectivity index (χ3v) is 6.60. The number of benzene rings is 2. The lowest BCUT2D eigenvalue weighted by molar-refractivity contribution is 0.501. The molecule has 0 aliphatic carbocycles. The second-order valence-electron chi connectivity index (χ2n) is 6.48. The molecule has 0 spiro atoms. The van der Waals surface area contributed by atoms with E-state index >= 15 is 0 Å². The molecule has 2 heteroatoms. The standard InChI is InChI=1S/C20H26OS/c1-15(2)19(17-11-7-5-8-12-17)22(21)20(16(3)4)18-13-9-6-10-14-18/h5-16,19-20H,1-4H3. The minimum Gasteiger partial charge on any atom is -0.615 e. The van der Waals surface area contributed by atoms with Gasteiger partial charge >= 0.3 is 0 Å². The van der Waals surface area contributed by atoms with Gasteiger partial charge in [0.2, 0.25) is 0 Å². The average Bonchev–Trinajstić information content (AvgIpc) is 2.49. The SMILES string of the molecule is CC(C)C(c1ccccc1)[S+]([O-])C(c1ccccc1)C(C)C. The fraction of sp³-hybridized carbons (Fsp3) is 0.400. The molecule has 2 aromatic carbocycles. The van der Waals surface area contributed by atoms with Crippen LogP contribution in [0.4, 0.5) is 0 Å². The van der Waals surface area contributed by atoms with Gasteiger partial charge in [-0.1, -0.05) is 88.4 Å². The van der Waals surface area contributed by atoms with E-state index in [0.29, 0.717) is 11.8 Å². The van der Waals surface area contributed by atoms with Gasteiger partial charge in [-0.3, -0.25) is 0 Å². The highest BCUT2D eigenvalue weighted by Gasteiger charge is 2.37. The maximum Gasteiger partial charge on any atom is 0.143 e. The molecule has 0 aliphatic heterocycles. The monoisotopic (exact) mass is 314 g/mol. The Hall–Kier alpha value is -1.25. The number of rotatable bonds is 6. The third kappa shape index (κ3) is 3.93. The molecule has 0 radical (unpaired) electrons. The molecule has 0 aliphatic rings. The van der Waals surface area contributed by atoms with E-state index in [-0.39, 0.29) is 10.5 Å². The molecule has 2 rings (SSSR count). The van der Waals surface area contributed by atoms with Crippen molar-refractivity contribution in [3.8, 4) is 0 Å². The quantitative estimate of drug-likeness (QED) is 0.643. The van der Waals surface area contributed by atoms with Gasteiger partial charge in [0, 0.05) is 23.0 Å². The summed E-state index contributed by atoms with van der Waals surface area (Å²) < 4.78 is 13.4. The first kappa shape index (κ1) is 17.1. The van der Waals surface area contributed by atoms with Gasteiger partial charge in [0.05, 0.1) is 0 Å². The van der Waals surface area contributed by atoms with Gasteiger partial charge in [-0.2, -0.15) is 0 Å². The molecule has 0 heterocycles. The van der Waals surface area contributed by atoms with Gasteiger partial charge in [-0.15, -0.1) is 0 Å². The number of hydrogen-bond donors (Lipinski definition) is 0. The summed E-state index contributed by atoms with van der Waals surface area (Å²) in [7, 11) is 0. The Kier molecular flexibility index (Phi) is 6.10. The molecule has 2 atom stereocenters. The molecule has 2 aromatic rings. The van der Waals surface area contributed by atoms with Gasteiger partial charge < -0.3 is 4.55 Å². The lowest BCUT2D eigenvalue weighted by Crippen LogP contribution is -2.27. The Balaban J connectivity index is 2.37. The molecule has 0 amide bonds. The maximum atomic E-state index is 13.4. The second-order valence-corrected chi connectivity index (χ2v) is 8.15. The first-order chi connectivity index (χ1) is 10.5. The molecule has 0 N–H and O–H groups in total. The normalized spacial score (nSPS) is 15.8. The van der Waals surface area contributed by atoms with E-state index in [0.717, 1.165) is 0 Å². The van der Waals surface area contributed by atoms with E-state index in [4.69, 9.17) is 0 Å². The van der Waals surface area contributed by atoms with E-state index < -0.39 is 11.2 Å². The van der Waals surface area contributed by atoms with Crippen LogP contribution >= 0.6 is 0 Å². The Labute approximate surface area is 138 Å². The van der Waals surface area contributed by atoms with Crippen molar-refractivity contribution < 1.29 is 4.55 Å². The Morgan fingerprint density at radius 2 is 0.955 bits per heavy atom. The highest BCUT2D eigenvalue weighted by Crippen LogP contribution is 2.42. The van der Waals surface area contributed by atoms with Crippen LogP contribution in [0.5, 0.6) is 0 Å². The van der Waals surface area contributed by atoms with Crippen LogP contribution < -0.4 is 0 Å². The Morgan fingerprint density at radius 3 is 1.23 bits per heavy atom. The summed E-state index contributed by atoms with van der Waals surface area (Å²) in [5.74, 6) is 0.682. The average molecular weight is 314 g/mol. The molecule has 0 fully saturated rings. The fourth-order valence-corrected chi connectivity index (χ4v) is 5.26. The molecule has 0 aromatic heterocycles. The van der Waals surface area contributed by atoms with Gasteiger partial charge in [0.15, 0.2) is 0 Å². The minimum absolute atomic E-state index is 0.0637. The van der Waals surface area contributed by atoms with Crippen molar-refractivity contribution in [2.75, 3.05) is 0 Å². The fourth-order valence-electron chi connectivity index (χ4n) is 3.02. The zero-order valence-electron chi connectivity index (χ0n) is 13.9. The summed E-state index contributed by atoms with van der Waals surface area (Å²) in [6.45, 7) is 8.66. The molecule has 2 unspecified atom stereocenters. The molecule has 0 bridgehead atoms. The summed E-state index contributed by atoms with van der Waals surface area (Å²) in [6.07, 6.45) is 0. The second kappa shape index (κ2) is 7.85. The Bertz CT molecular complexity index is 499. The lowest BCUT2D eigenvalue weighted by atomic mass is 10.0. The van der Waals surface area contributed by atoms with Gasteiger partial charge in [-0.05, 0) is 11.2 Å². The first-order valence-corrected chi connectivity index (χ1v) is 9.29. The summed E-state index contributed by atoms with van der Waals surface area (Å²) in [5, 5.41) is 0.127. The van der Waals surface area contributed by atoms with Crippen molar-refractivity contribution in [1.82, 2.24) is 0 Å². The van der Waals surface area contributed by atoms with Crippen molar-refractivity contribution in [2.45, 2.75) is 38.2 Å². The first-order valence-electron chi connectivity index (χ1n) is 8.01. The van der Waals surface area contributed by atoms with Crippen LogP contribution in [0, 0.1) is 11.8 Å².